The molecule has 3 aromatic rings. The number of hydrogen-bond acceptors (Lipinski definition) is 5. The highest BCUT2D eigenvalue weighted by Gasteiger charge is 2.16. The third kappa shape index (κ3) is 3.57. The van der Waals surface area contributed by atoms with E-state index in [9.17, 15) is 9.59 Å². The first kappa shape index (κ1) is 17.3. The van der Waals surface area contributed by atoms with E-state index < -0.39 is 11.5 Å². The third-order valence-corrected chi connectivity index (χ3v) is 4.72. The maximum absolute atomic E-state index is 12.6. The lowest BCUT2D eigenvalue weighted by Crippen LogP contribution is -2.36. The summed E-state index contributed by atoms with van der Waals surface area (Å²) in [5.41, 5.74) is 2.50. The smallest absolute Gasteiger partial charge is 0.349 e. The molecule has 0 aliphatic carbocycles. The fraction of sp³-hybridized carbons (Fsp3) is 0.238. The van der Waals surface area contributed by atoms with Gasteiger partial charge in [-0.25, -0.2) is 4.79 Å². The second-order valence-electron chi connectivity index (χ2n) is 6.54. The molecule has 138 valence electrons. The first-order valence-corrected chi connectivity index (χ1v) is 8.89. The van der Waals surface area contributed by atoms with Crippen molar-refractivity contribution in [1.29, 1.82) is 0 Å². The number of para-hydroxylation sites is 1. The van der Waals surface area contributed by atoms with Gasteiger partial charge in [0.05, 0.1) is 13.2 Å². The van der Waals surface area contributed by atoms with Crippen molar-refractivity contribution < 1.29 is 13.9 Å². The molecule has 6 nitrogen and oxygen atoms in total. The maximum Gasteiger partial charge on any atom is 0.349 e. The van der Waals surface area contributed by atoms with E-state index in [4.69, 9.17) is 9.15 Å². The van der Waals surface area contributed by atoms with Gasteiger partial charge in [0.1, 0.15) is 11.1 Å². The van der Waals surface area contributed by atoms with Gasteiger partial charge >= 0.3 is 5.63 Å². The zero-order valence-electron chi connectivity index (χ0n) is 15.0. The Kier molecular flexibility index (Phi) is 4.64. The summed E-state index contributed by atoms with van der Waals surface area (Å²) in [6, 6.07) is 14.5. The normalized spacial score (nSPS) is 14.3. The summed E-state index contributed by atoms with van der Waals surface area (Å²) in [6.07, 6.45) is 0. The number of aryl methyl sites for hydroxylation is 1. The molecule has 0 bridgehead atoms. The van der Waals surface area contributed by atoms with Gasteiger partial charge in [-0.15, -0.1) is 0 Å². The van der Waals surface area contributed by atoms with E-state index in [0.717, 1.165) is 37.6 Å². The van der Waals surface area contributed by atoms with Crippen LogP contribution in [0.25, 0.3) is 11.0 Å². The SMILES string of the molecule is Cc1cc(N2CCOCC2)ccc1NC(=O)c1cc2ccccc2oc1=O. The van der Waals surface area contributed by atoms with Gasteiger partial charge < -0.3 is 19.4 Å². The lowest BCUT2D eigenvalue weighted by Gasteiger charge is -2.29. The van der Waals surface area contributed by atoms with Gasteiger partial charge in [0, 0.05) is 29.9 Å². The van der Waals surface area contributed by atoms with Crippen molar-refractivity contribution in [3.63, 3.8) is 0 Å². The first-order valence-electron chi connectivity index (χ1n) is 8.89. The van der Waals surface area contributed by atoms with Crippen LogP contribution in [-0.4, -0.2) is 32.2 Å². The van der Waals surface area contributed by atoms with Gasteiger partial charge in [-0.05, 0) is 42.8 Å². The van der Waals surface area contributed by atoms with Crippen LogP contribution in [0.3, 0.4) is 0 Å². The zero-order valence-corrected chi connectivity index (χ0v) is 15.0. The van der Waals surface area contributed by atoms with E-state index in [2.05, 4.69) is 10.2 Å². The van der Waals surface area contributed by atoms with Gasteiger partial charge in [-0.2, -0.15) is 0 Å². The summed E-state index contributed by atoms with van der Waals surface area (Å²) in [7, 11) is 0. The van der Waals surface area contributed by atoms with Gasteiger partial charge in [-0.3, -0.25) is 4.79 Å². The van der Waals surface area contributed by atoms with E-state index >= 15 is 0 Å². The molecule has 6 heteroatoms. The largest absolute Gasteiger partial charge is 0.422 e. The molecule has 0 radical (unpaired) electrons. The van der Waals surface area contributed by atoms with Crippen LogP contribution in [0, 0.1) is 6.92 Å². The number of carbonyl (C=O) groups is 1. The lowest BCUT2D eigenvalue weighted by atomic mass is 10.1. The van der Waals surface area contributed by atoms with Crippen LogP contribution in [0.5, 0.6) is 0 Å². The summed E-state index contributed by atoms with van der Waals surface area (Å²) < 4.78 is 10.6. The average Bonchev–Trinajstić information content (AvgIpc) is 2.69. The van der Waals surface area contributed by atoms with Gasteiger partial charge in [-0.1, -0.05) is 18.2 Å². The second kappa shape index (κ2) is 7.25. The molecule has 0 atom stereocenters. The highest BCUT2D eigenvalue weighted by Crippen LogP contribution is 2.24. The molecule has 1 aliphatic heterocycles. The molecular formula is C21H20N2O4. The number of fused-ring (bicyclic) bond motifs is 1. The molecule has 27 heavy (non-hydrogen) atoms. The fourth-order valence-corrected chi connectivity index (χ4v) is 3.22. The fourth-order valence-electron chi connectivity index (χ4n) is 3.22. The number of morpholine rings is 1. The minimum Gasteiger partial charge on any atom is -0.422 e. The predicted octanol–water partition coefficient (Wildman–Crippen LogP) is 3.19. The van der Waals surface area contributed by atoms with Gasteiger partial charge in [0.15, 0.2) is 0 Å². The van der Waals surface area contributed by atoms with Gasteiger partial charge in [0.25, 0.3) is 5.91 Å². The molecule has 1 fully saturated rings. The number of rotatable bonds is 3. The summed E-state index contributed by atoms with van der Waals surface area (Å²) in [6.45, 7) is 5.07. The molecule has 2 aromatic carbocycles. The molecule has 4 rings (SSSR count). The monoisotopic (exact) mass is 364 g/mol. The molecule has 0 spiro atoms. The van der Waals surface area contributed by atoms with Gasteiger partial charge in [0.2, 0.25) is 0 Å². The summed E-state index contributed by atoms with van der Waals surface area (Å²) in [5, 5.41) is 3.53. The molecule has 2 heterocycles. The minimum atomic E-state index is -0.645. The number of amides is 1. The number of carbonyl (C=O) groups excluding carboxylic acids is 1. The Balaban J connectivity index is 1.57. The Morgan fingerprint density at radius 2 is 1.85 bits per heavy atom. The molecule has 1 N–H and O–H groups in total. The van der Waals surface area contributed by atoms with E-state index in [1.807, 2.05) is 31.2 Å². The number of anilines is 2. The van der Waals surface area contributed by atoms with Crippen molar-refractivity contribution in [2.75, 3.05) is 36.5 Å². The van der Waals surface area contributed by atoms with Crippen molar-refractivity contribution in [3.05, 3.63) is 70.1 Å². The Hall–Kier alpha value is -3.12. The maximum atomic E-state index is 12.6. The first-order chi connectivity index (χ1) is 13.1. The van der Waals surface area contributed by atoms with Crippen LogP contribution in [0.15, 0.2) is 57.7 Å². The number of nitrogens with one attached hydrogen (secondary N) is 1. The Morgan fingerprint density at radius 3 is 2.63 bits per heavy atom. The van der Waals surface area contributed by atoms with Crippen LogP contribution >= 0.6 is 0 Å². The zero-order chi connectivity index (χ0) is 18.8. The Bertz CT molecular complexity index is 1050. The summed E-state index contributed by atoms with van der Waals surface area (Å²) in [4.78, 5) is 27.0. The van der Waals surface area contributed by atoms with Crippen molar-refractivity contribution in [2.24, 2.45) is 0 Å². The third-order valence-electron chi connectivity index (χ3n) is 4.72. The summed E-state index contributed by atoms with van der Waals surface area (Å²) in [5.74, 6) is -0.475. The molecule has 0 saturated carbocycles. The molecular weight excluding hydrogens is 344 g/mol. The van der Waals surface area contributed by atoms with Crippen molar-refractivity contribution in [1.82, 2.24) is 0 Å². The van der Waals surface area contributed by atoms with Crippen LogP contribution in [0.4, 0.5) is 11.4 Å². The van der Waals surface area contributed by atoms with Crippen LogP contribution in [-0.2, 0) is 4.74 Å². The quantitative estimate of drug-likeness (QED) is 0.723. The van der Waals surface area contributed by atoms with E-state index in [0.29, 0.717) is 16.7 Å². The standard InChI is InChI=1S/C21H20N2O4/c1-14-12-16(23-8-10-26-11-9-23)6-7-18(14)22-20(24)17-13-15-4-2-3-5-19(15)27-21(17)25/h2-7,12-13H,8-11H2,1H3,(H,22,24). The van der Waals surface area contributed by atoms with E-state index in [-0.39, 0.29) is 5.56 Å². The lowest BCUT2D eigenvalue weighted by molar-refractivity contribution is 0.102. The molecule has 1 amide bonds. The Labute approximate surface area is 156 Å². The molecule has 1 saturated heterocycles. The van der Waals surface area contributed by atoms with Crippen LogP contribution in [0.2, 0.25) is 0 Å². The highest BCUT2D eigenvalue weighted by molar-refractivity contribution is 6.05. The van der Waals surface area contributed by atoms with Crippen molar-refractivity contribution in [3.8, 4) is 0 Å². The number of nitrogens with zero attached hydrogens (tertiary/aromatic N) is 1. The number of ether oxygens (including phenoxy) is 1. The topological polar surface area (TPSA) is 71.8 Å². The second-order valence-corrected chi connectivity index (χ2v) is 6.54. The number of benzene rings is 2. The summed E-state index contributed by atoms with van der Waals surface area (Å²) >= 11 is 0. The van der Waals surface area contributed by atoms with Crippen LogP contribution < -0.4 is 15.8 Å². The molecule has 1 aliphatic rings. The van der Waals surface area contributed by atoms with Crippen molar-refractivity contribution in [2.45, 2.75) is 6.92 Å². The highest BCUT2D eigenvalue weighted by atomic mass is 16.5. The molecule has 1 aromatic heterocycles. The minimum absolute atomic E-state index is 0.00893. The van der Waals surface area contributed by atoms with Crippen molar-refractivity contribution >= 4 is 28.3 Å². The Morgan fingerprint density at radius 1 is 1.07 bits per heavy atom. The number of hydrogen-bond donors (Lipinski definition) is 1. The van der Waals surface area contributed by atoms with E-state index in [1.165, 1.54) is 0 Å². The average molecular weight is 364 g/mol. The molecule has 0 unspecified atom stereocenters. The van der Waals surface area contributed by atoms with E-state index in [1.54, 1.807) is 24.3 Å². The predicted molar refractivity (Wildman–Crippen MR) is 105 cm³/mol. The van der Waals surface area contributed by atoms with Crippen LogP contribution in [0.1, 0.15) is 15.9 Å².